The summed E-state index contributed by atoms with van der Waals surface area (Å²) in [5, 5.41) is 2.57. The average Bonchev–Trinajstić information content (AvgIpc) is 3.33. The Hall–Kier alpha value is -2.45. The fourth-order valence-electron chi connectivity index (χ4n) is 4.15. The van der Waals surface area contributed by atoms with Gasteiger partial charge in [-0.2, -0.15) is 0 Å². The third-order valence-electron chi connectivity index (χ3n) is 5.87. The van der Waals surface area contributed by atoms with Crippen molar-refractivity contribution < 1.29 is 52.4 Å². The molecule has 2 saturated heterocycles. The summed E-state index contributed by atoms with van der Waals surface area (Å²) in [5.41, 5.74) is 0.969. The minimum absolute atomic E-state index is 0.151. The summed E-state index contributed by atoms with van der Waals surface area (Å²) in [7, 11) is 1.16. The fourth-order valence-corrected chi connectivity index (χ4v) is 5.58. The van der Waals surface area contributed by atoms with Crippen molar-refractivity contribution in [3.05, 3.63) is 29.8 Å². The van der Waals surface area contributed by atoms with Crippen LogP contribution in [0.15, 0.2) is 29.2 Å². The molecule has 16 heteroatoms. The topological polar surface area (TPSA) is 153 Å². The Labute approximate surface area is 248 Å². The molecule has 1 amide bonds. The number of nitrogens with one attached hydrogen (secondary N) is 1. The first kappa shape index (κ1) is 32.1. The zero-order valence-corrected chi connectivity index (χ0v) is 24.3. The molecule has 1 aromatic rings. The van der Waals surface area contributed by atoms with Gasteiger partial charge in [-0.3, -0.25) is 14.4 Å². The highest BCUT2D eigenvalue weighted by atomic mass is 35.5. The van der Waals surface area contributed by atoms with Gasteiger partial charge >= 0.3 is 30.0 Å². The van der Waals surface area contributed by atoms with Crippen LogP contribution in [-0.2, 0) is 47.6 Å². The van der Waals surface area contributed by atoms with Crippen LogP contribution in [0.4, 0.5) is 4.79 Å². The molecule has 0 unspecified atom stereocenters. The van der Waals surface area contributed by atoms with Crippen molar-refractivity contribution in [2.45, 2.75) is 53.6 Å². The van der Waals surface area contributed by atoms with Gasteiger partial charge in [0, 0.05) is 11.3 Å². The van der Waals surface area contributed by atoms with Crippen molar-refractivity contribution in [1.82, 2.24) is 5.32 Å². The van der Waals surface area contributed by atoms with E-state index in [1.54, 1.807) is 12.1 Å². The monoisotopic (exact) mass is 641 g/mol. The predicted molar refractivity (Wildman–Crippen MR) is 141 cm³/mol. The molecule has 2 heterocycles. The van der Waals surface area contributed by atoms with E-state index >= 15 is 0 Å². The van der Waals surface area contributed by atoms with E-state index in [2.05, 4.69) is 5.32 Å². The van der Waals surface area contributed by atoms with Crippen LogP contribution in [-0.4, -0.2) is 96.7 Å². The van der Waals surface area contributed by atoms with E-state index in [4.69, 9.17) is 63.2 Å². The number of fused-ring (bicyclic) bond motifs is 1. The average molecular weight is 643 g/mol. The SMILES string of the molecule is COC(=O)[C@]1(Sc2ccc(C)cc2)C[C@@H]2OC(=O)N[C@H]2[C@H]([C@H](OC(=O)CCl)[C@@H](COC(=O)CCl)OC(=O)CCl)O1. The number of rotatable bonds is 12. The number of benzene rings is 1. The molecule has 40 heavy (non-hydrogen) atoms. The van der Waals surface area contributed by atoms with Crippen LogP contribution in [0.3, 0.4) is 0 Å². The summed E-state index contributed by atoms with van der Waals surface area (Å²) in [4.78, 5) is 60.8. The van der Waals surface area contributed by atoms with Crippen molar-refractivity contribution in [2.75, 3.05) is 31.4 Å². The van der Waals surface area contributed by atoms with Crippen LogP contribution in [0.25, 0.3) is 0 Å². The normalized spacial score (nSPS) is 24.9. The number of carbonyl (C=O) groups excluding carboxylic acids is 5. The van der Waals surface area contributed by atoms with Gasteiger partial charge < -0.3 is 33.7 Å². The Morgan fingerprint density at radius 2 is 1.68 bits per heavy atom. The number of alkyl carbamates (subject to hydrolysis) is 1. The molecule has 0 bridgehead atoms. The maximum atomic E-state index is 13.3. The lowest BCUT2D eigenvalue weighted by atomic mass is 9.90. The molecule has 0 radical (unpaired) electrons. The number of methoxy groups -OCH3 is 1. The Morgan fingerprint density at radius 3 is 2.27 bits per heavy atom. The number of ether oxygens (including phenoxy) is 6. The Kier molecular flexibility index (Phi) is 11.6. The maximum absolute atomic E-state index is 13.3. The zero-order valence-electron chi connectivity index (χ0n) is 21.3. The van der Waals surface area contributed by atoms with Crippen molar-refractivity contribution >= 4 is 76.5 Å². The van der Waals surface area contributed by atoms with Gasteiger partial charge in [0.05, 0.1) is 13.2 Å². The first-order valence-corrected chi connectivity index (χ1v) is 14.2. The van der Waals surface area contributed by atoms with Gasteiger partial charge in [0.1, 0.15) is 36.5 Å². The van der Waals surface area contributed by atoms with Crippen molar-refractivity contribution in [3.63, 3.8) is 0 Å². The number of hydrogen-bond donors (Lipinski definition) is 1. The van der Waals surface area contributed by atoms with Crippen LogP contribution in [0, 0.1) is 6.92 Å². The summed E-state index contributed by atoms with van der Waals surface area (Å²) in [6.45, 7) is 1.25. The number of carbonyl (C=O) groups is 5. The molecule has 0 aliphatic carbocycles. The van der Waals surface area contributed by atoms with Crippen LogP contribution >= 0.6 is 46.6 Å². The molecule has 12 nitrogen and oxygen atoms in total. The van der Waals surface area contributed by atoms with Gasteiger partial charge in [-0.05, 0) is 19.1 Å². The number of alkyl halides is 3. The number of halogens is 3. The Morgan fingerprint density at radius 1 is 1.05 bits per heavy atom. The Balaban J connectivity index is 2.09. The molecule has 0 saturated carbocycles. The van der Waals surface area contributed by atoms with E-state index in [9.17, 15) is 24.0 Å². The summed E-state index contributed by atoms with van der Waals surface area (Å²) in [5.74, 6) is -5.33. The molecular formula is C24H26Cl3NO11S. The number of aryl methyl sites for hydroxylation is 1. The van der Waals surface area contributed by atoms with Crippen molar-refractivity contribution in [1.29, 1.82) is 0 Å². The largest absolute Gasteiger partial charge is 0.466 e. The summed E-state index contributed by atoms with van der Waals surface area (Å²) in [6.07, 6.45) is -6.46. The second kappa shape index (κ2) is 14.4. The fraction of sp³-hybridized carbons (Fsp3) is 0.542. The van der Waals surface area contributed by atoms with Gasteiger partial charge in [0.15, 0.2) is 12.2 Å². The standard InChI is InChI=1S/C24H26Cl3NO11S/c1-12-3-5-13(6-4-12)40-24(22(32)34-2)7-14-19(28-23(33)37-14)21(39-24)20(38-18(31)10-27)15(36-17(30)9-26)11-35-16(29)8-25/h3-6,14-15,19-21H,7-11H2,1-2H3,(H,28,33)/t14-,15+,19+,20+,21+,24+/m0/s1. The summed E-state index contributed by atoms with van der Waals surface area (Å²) < 4.78 is 32.8. The number of thioether (sulfide) groups is 1. The van der Waals surface area contributed by atoms with E-state index in [1.807, 2.05) is 19.1 Å². The minimum Gasteiger partial charge on any atom is -0.466 e. The van der Waals surface area contributed by atoms with E-state index in [0.29, 0.717) is 4.90 Å². The van der Waals surface area contributed by atoms with Crippen LogP contribution in [0.1, 0.15) is 12.0 Å². The molecule has 3 rings (SSSR count). The van der Waals surface area contributed by atoms with Gasteiger partial charge in [0.25, 0.3) is 0 Å². The summed E-state index contributed by atoms with van der Waals surface area (Å²) >= 11 is 17.8. The van der Waals surface area contributed by atoms with E-state index in [1.165, 1.54) is 0 Å². The van der Waals surface area contributed by atoms with Gasteiger partial charge in [0.2, 0.25) is 4.93 Å². The van der Waals surface area contributed by atoms with Crippen LogP contribution in [0.2, 0.25) is 0 Å². The second-order valence-corrected chi connectivity index (χ2v) is 10.8. The maximum Gasteiger partial charge on any atom is 0.407 e. The van der Waals surface area contributed by atoms with E-state index in [0.717, 1.165) is 24.4 Å². The third kappa shape index (κ3) is 7.84. The van der Waals surface area contributed by atoms with Gasteiger partial charge in [-0.1, -0.05) is 29.5 Å². The molecule has 220 valence electrons. The Bertz CT molecular complexity index is 1110. The molecule has 1 aromatic carbocycles. The van der Waals surface area contributed by atoms with Gasteiger partial charge in [-0.25, -0.2) is 9.59 Å². The lowest BCUT2D eigenvalue weighted by molar-refractivity contribution is -0.214. The number of esters is 4. The number of amides is 1. The zero-order chi connectivity index (χ0) is 29.4. The van der Waals surface area contributed by atoms with Crippen molar-refractivity contribution in [2.24, 2.45) is 0 Å². The predicted octanol–water partition coefficient (Wildman–Crippen LogP) is 2.31. The second-order valence-electron chi connectivity index (χ2n) is 8.63. The van der Waals surface area contributed by atoms with Gasteiger partial charge in [-0.15, -0.1) is 34.8 Å². The molecule has 6 atom stereocenters. The molecule has 2 fully saturated rings. The summed E-state index contributed by atoms with van der Waals surface area (Å²) in [6, 6.07) is 6.17. The molecular weight excluding hydrogens is 617 g/mol. The highest BCUT2D eigenvalue weighted by molar-refractivity contribution is 8.01. The minimum atomic E-state index is -1.82. The first-order valence-electron chi connectivity index (χ1n) is 11.8. The lowest BCUT2D eigenvalue weighted by Gasteiger charge is -2.45. The first-order chi connectivity index (χ1) is 19.0. The molecule has 0 aromatic heterocycles. The highest BCUT2D eigenvalue weighted by Crippen LogP contribution is 2.46. The van der Waals surface area contributed by atoms with E-state index < -0.39 is 89.6 Å². The van der Waals surface area contributed by atoms with Crippen LogP contribution < -0.4 is 5.32 Å². The third-order valence-corrected chi connectivity index (χ3v) is 7.79. The lowest BCUT2D eigenvalue weighted by Crippen LogP contribution is -2.64. The molecule has 2 aliphatic heterocycles. The highest BCUT2D eigenvalue weighted by Gasteiger charge is 2.61. The molecule has 1 N–H and O–H groups in total. The smallest absolute Gasteiger partial charge is 0.407 e. The van der Waals surface area contributed by atoms with E-state index in [-0.39, 0.29) is 6.42 Å². The van der Waals surface area contributed by atoms with Crippen molar-refractivity contribution in [3.8, 4) is 0 Å². The molecule has 2 aliphatic rings. The quantitative estimate of drug-likeness (QED) is 0.202. The van der Waals surface area contributed by atoms with Crippen LogP contribution in [0.5, 0.6) is 0 Å². The number of hydrogen-bond acceptors (Lipinski definition) is 12. The molecule has 0 spiro atoms.